The smallest absolute Gasteiger partial charge is 0.300 e. The zero-order valence-corrected chi connectivity index (χ0v) is 11.1. The molecule has 0 saturated carbocycles. The minimum absolute atomic E-state index is 0.413. The minimum atomic E-state index is -0.833. The zero-order valence-electron chi connectivity index (χ0n) is 11.1. The van der Waals surface area contributed by atoms with Crippen molar-refractivity contribution in [2.24, 2.45) is 5.73 Å². The predicted molar refractivity (Wildman–Crippen MR) is 73.9 cm³/mol. The number of carboxylic acid groups (broad SMARTS) is 1. The molecule has 0 aromatic heterocycles. The Kier molecular flexibility index (Phi) is 5.65. The normalized spacial score (nSPS) is 15.8. The number of aliphatic carboxylic acids is 1. The van der Waals surface area contributed by atoms with Crippen LogP contribution >= 0.6 is 0 Å². The summed E-state index contributed by atoms with van der Waals surface area (Å²) in [7, 11) is 0. The van der Waals surface area contributed by atoms with Gasteiger partial charge in [-0.15, -0.1) is 0 Å². The average Bonchev–Trinajstić information content (AvgIpc) is 2.29. The quantitative estimate of drug-likeness (QED) is 0.800. The molecule has 1 aromatic carbocycles. The largest absolute Gasteiger partial charge is 0.481 e. The summed E-state index contributed by atoms with van der Waals surface area (Å²) < 4.78 is 0. The third-order valence-corrected chi connectivity index (χ3v) is 2.91. The van der Waals surface area contributed by atoms with Crippen LogP contribution in [-0.2, 0) is 4.79 Å². The van der Waals surface area contributed by atoms with E-state index in [4.69, 9.17) is 15.6 Å². The van der Waals surface area contributed by atoms with E-state index in [0.717, 1.165) is 32.9 Å². The first kappa shape index (κ1) is 14.5. The molecule has 1 heterocycles. The molecule has 1 saturated heterocycles. The molecule has 0 aliphatic carbocycles. The Labute approximate surface area is 108 Å². The Balaban J connectivity index is 0.000000357. The lowest BCUT2D eigenvalue weighted by molar-refractivity contribution is -0.134. The van der Waals surface area contributed by atoms with Gasteiger partial charge >= 0.3 is 0 Å². The maximum absolute atomic E-state index is 9.00. The van der Waals surface area contributed by atoms with Gasteiger partial charge in [0.2, 0.25) is 0 Å². The fraction of sp³-hybridized carbons (Fsp3) is 0.500. The van der Waals surface area contributed by atoms with Crippen LogP contribution in [-0.4, -0.2) is 30.2 Å². The van der Waals surface area contributed by atoms with Crippen molar-refractivity contribution in [2.75, 3.05) is 18.0 Å². The summed E-state index contributed by atoms with van der Waals surface area (Å²) in [5.41, 5.74) is 8.55. The molecular formula is C14H22N2O2. The number of nitrogens with two attached hydrogens (primary N) is 1. The van der Waals surface area contributed by atoms with Gasteiger partial charge in [0, 0.05) is 31.7 Å². The summed E-state index contributed by atoms with van der Waals surface area (Å²) in [5.74, 6) is -0.833. The lowest BCUT2D eigenvalue weighted by atomic mass is 10.1. The molecule has 0 amide bonds. The second-order valence-corrected chi connectivity index (χ2v) is 4.68. The van der Waals surface area contributed by atoms with Gasteiger partial charge in [-0.2, -0.15) is 0 Å². The number of rotatable bonds is 1. The molecule has 0 spiro atoms. The van der Waals surface area contributed by atoms with Crippen molar-refractivity contribution in [3.63, 3.8) is 0 Å². The molecule has 4 heteroatoms. The van der Waals surface area contributed by atoms with Crippen LogP contribution in [0.2, 0.25) is 0 Å². The predicted octanol–water partition coefficient (Wildman–Crippen LogP) is 2.01. The van der Waals surface area contributed by atoms with E-state index in [-0.39, 0.29) is 0 Å². The van der Waals surface area contributed by atoms with E-state index >= 15 is 0 Å². The molecular weight excluding hydrogens is 228 g/mol. The molecule has 0 atom stereocenters. The second-order valence-electron chi connectivity index (χ2n) is 4.68. The van der Waals surface area contributed by atoms with Crippen LogP contribution in [0.3, 0.4) is 0 Å². The third kappa shape index (κ3) is 5.19. The van der Waals surface area contributed by atoms with Gasteiger partial charge < -0.3 is 15.7 Å². The lowest BCUT2D eigenvalue weighted by Crippen LogP contribution is -2.39. The number of carbonyl (C=O) groups is 1. The highest BCUT2D eigenvalue weighted by molar-refractivity contribution is 5.62. The van der Waals surface area contributed by atoms with Crippen LogP contribution in [0.1, 0.15) is 25.3 Å². The maximum atomic E-state index is 9.00. The van der Waals surface area contributed by atoms with Crippen LogP contribution in [0.15, 0.2) is 24.3 Å². The maximum Gasteiger partial charge on any atom is 0.300 e. The summed E-state index contributed by atoms with van der Waals surface area (Å²) in [6, 6.07) is 9.11. The van der Waals surface area contributed by atoms with E-state index in [9.17, 15) is 0 Å². The number of anilines is 1. The van der Waals surface area contributed by atoms with Crippen LogP contribution in [0.25, 0.3) is 0 Å². The van der Waals surface area contributed by atoms with Crippen molar-refractivity contribution in [3.8, 4) is 0 Å². The van der Waals surface area contributed by atoms with Gasteiger partial charge in [-0.25, -0.2) is 0 Å². The van der Waals surface area contributed by atoms with Crippen molar-refractivity contribution in [2.45, 2.75) is 32.7 Å². The number of hydrogen-bond acceptors (Lipinski definition) is 3. The number of piperidine rings is 1. The highest BCUT2D eigenvalue weighted by atomic mass is 16.4. The summed E-state index contributed by atoms with van der Waals surface area (Å²) in [6.45, 7) is 5.43. The van der Waals surface area contributed by atoms with E-state index in [2.05, 4.69) is 36.1 Å². The van der Waals surface area contributed by atoms with E-state index in [1.165, 1.54) is 11.3 Å². The molecule has 1 aromatic rings. The van der Waals surface area contributed by atoms with Crippen molar-refractivity contribution >= 4 is 11.7 Å². The summed E-state index contributed by atoms with van der Waals surface area (Å²) in [4.78, 5) is 11.4. The van der Waals surface area contributed by atoms with E-state index in [0.29, 0.717) is 6.04 Å². The van der Waals surface area contributed by atoms with Crippen molar-refractivity contribution in [1.82, 2.24) is 0 Å². The molecule has 0 unspecified atom stereocenters. The van der Waals surface area contributed by atoms with Crippen LogP contribution in [0.5, 0.6) is 0 Å². The first-order valence-electron chi connectivity index (χ1n) is 6.25. The number of hydrogen-bond donors (Lipinski definition) is 2. The molecule has 0 radical (unpaired) electrons. The number of benzene rings is 1. The number of nitrogens with zero attached hydrogens (tertiary/aromatic N) is 1. The van der Waals surface area contributed by atoms with Gasteiger partial charge in [0.05, 0.1) is 0 Å². The summed E-state index contributed by atoms with van der Waals surface area (Å²) >= 11 is 0. The van der Waals surface area contributed by atoms with Gasteiger partial charge in [-0.3, -0.25) is 4.79 Å². The zero-order chi connectivity index (χ0) is 13.5. The van der Waals surface area contributed by atoms with Gasteiger partial charge in [0.1, 0.15) is 0 Å². The molecule has 1 aliphatic rings. The molecule has 1 fully saturated rings. The van der Waals surface area contributed by atoms with Gasteiger partial charge in [0.15, 0.2) is 0 Å². The van der Waals surface area contributed by atoms with Crippen molar-refractivity contribution in [1.29, 1.82) is 0 Å². The molecule has 1 aliphatic heterocycles. The summed E-state index contributed by atoms with van der Waals surface area (Å²) in [5, 5.41) is 7.42. The van der Waals surface area contributed by atoms with Crippen LogP contribution in [0, 0.1) is 6.92 Å². The van der Waals surface area contributed by atoms with Gasteiger partial charge in [0.25, 0.3) is 5.97 Å². The topological polar surface area (TPSA) is 66.6 Å². The average molecular weight is 250 g/mol. The number of aryl methyl sites for hydroxylation is 1. The van der Waals surface area contributed by atoms with Gasteiger partial charge in [-0.1, -0.05) is 12.1 Å². The summed E-state index contributed by atoms with van der Waals surface area (Å²) in [6.07, 6.45) is 2.24. The van der Waals surface area contributed by atoms with E-state index < -0.39 is 5.97 Å². The molecule has 3 N–H and O–H groups in total. The standard InChI is InChI=1S/C12H18N2.C2H4O2/c1-10-3-2-4-12(9-10)14-7-5-11(13)6-8-14;1-2(3)4/h2-4,9,11H,5-8,13H2,1H3;1H3,(H,3,4). The van der Waals surface area contributed by atoms with Crippen LogP contribution < -0.4 is 10.6 Å². The Hall–Kier alpha value is -1.55. The highest BCUT2D eigenvalue weighted by Crippen LogP contribution is 2.20. The Morgan fingerprint density at radius 1 is 1.39 bits per heavy atom. The SMILES string of the molecule is CC(=O)O.Cc1cccc(N2CCC(N)CC2)c1. The Morgan fingerprint density at radius 2 is 1.94 bits per heavy atom. The Bertz CT molecular complexity index is 381. The molecule has 100 valence electrons. The monoisotopic (exact) mass is 250 g/mol. The fourth-order valence-electron chi connectivity index (χ4n) is 1.98. The second kappa shape index (κ2) is 7.01. The first-order valence-corrected chi connectivity index (χ1v) is 6.25. The fourth-order valence-corrected chi connectivity index (χ4v) is 1.98. The molecule has 0 bridgehead atoms. The molecule has 2 rings (SSSR count). The van der Waals surface area contributed by atoms with Gasteiger partial charge in [-0.05, 0) is 37.5 Å². The van der Waals surface area contributed by atoms with Crippen molar-refractivity contribution in [3.05, 3.63) is 29.8 Å². The van der Waals surface area contributed by atoms with E-state index in [1.807, 2.05) is 0 Å². The number of carboxylic acids is 1. The third-order valence-electron chi connectivity index (χ3n) is 2.91. The molecule has 4 nitrogen and oxygen atoms in total. The first-order chi connectivity index (χ1) is 8.49. The van der Waals surface area contributed by atoms with E-state index in [1.54, 1.807) is 0 Å². The lowest BCUT2D eigenvalue weighted by Gasteiger charge is -2.32. The highest BCUT2D eigenvalue weighted by Gasteiger charge is 2.15. The Morgan fingerprint density at radius 3 is 2.44 bits per heavy atom. The molecule has 18 heavy (non-hydrogen) atoms. The van der Waals surface area contributed by atoms with Crippen LogP contribution in [0.4, 0.5) is 5.69 Å². The minimum Gasteiger partial charge on any atom is -0.481 e. The van der Waals surface area contributed by atoms with Crippen molar-refractivity contribution < 1.29 is 9.90 Å².